The number of rotatable bonds is 5. The molecule has 1 unspecified atom stereocenters. The predicted molar refractivity (Wildman–Crippen MR) is 127 cm³/mol. The smallest absolute Gasteiger partial charge is 0.252 e. The van der Waals surface area contributed by atoms with Crippen LogP contribution in [-0.4, -0.2) is 5.91 Å². The van der Waals surface area contributed by atoms with Crippen LogP contribution in [0.15, 0.2) is 91.0 Å². The molecule has 0 aliphatic carbocycles. The first kappa shape index (κ1) is 21.8. The van der Waals surface area contributed by atoms with Crippen molar-refractivity contribution >= 4 is 5.91 Å². The summed E-state index contributed by atoms with van der Waals surface area (Å²) in [4.78, 5) is 13.0. The third-order valence-electron chi connectivity index (χ3n) is 6.20. The third kappa shape index (κ3) is 4.29. The second-order valence-corrected chi connectivity index (χ2v) is 8.72. The van der Waals surface area contributed by atoms with Gasteiger partial charge in [0.15, 0.2) is 0 Å². The van der Waals surface area contributed by atoms with Crippen molar-refractivity contribution in [3.8, 4) is 22.6 Å². The van der Waals surface area contributed by atoms with Crippen molar-refractivity contribution in [2.75, 3.05) is 0 Å². The first-order valence-corrected chi connectivity index (χ1v) is 11.0. The number of amides is 1. The number of hydrogen-bond donors (Lipinski definition) is 0. The van der Waals surface area contributed by atoms with Crippen LogP contribution >= 0.6 is 0 Å². The van der Waals surface area contributed by atoms with Crippen LogP contribution in [0.2, 0.25) is 0 Å². The summed E-state index contributed by atoms with van der Waals surface area (Å²) in [6.45, 7) is 2.08. The molecule has 0 saturated heterocycles. The fourth-order valence-electron chi connectivity index (χ4n) is 4.51. The molecule has 0 aromatic heterocycles. The van der Waals surface area contributed by atoms with Gasteiger partial charge in [0, 0.05) is 6.07 Å². The number of nitrogens with zero attached hydrogens (tertiary/aromatic N) is 1. The molecule has 4 aromatic carbocycles. The molecule has 1 atom stereocenters. The topological polar surface area (TPSA) is 40.4 Å². The fourth-order valence-corrected chi connectivity index (χ4v) is 4.51. The first-order valence-electron chi connectivity index (χ1n) is 11.0. The van der Waals surface area contributed by atoms with E-state index in [1.54, 1.807) is 6.92 Å². The molecule has 1 radical (unpaired) electrons. The van der Waals surface area contributed by atoms with Crippen molar-refractivity contribution in [1.82, 2.24) is 5.32 Å². The SMILES string of the molecule is CC1(Cc2cc(F)cc(F)c2)C(=O)[N]Cc2ccc(-c3cccc(Oc4ccccc4)c3)cc21. The van der Waals surface area contributed by atoms with Crippen LogP contribution in [0.5, 0.6) is 11.5 Å². The molecule has 1 aliphatic heterocycles. The zero-order valence-electron chi connectivity index (χ0n) is 18.6. The molecule has 169 valence electrons. The van der Waals surface area contributed by atoms with E-state index in [9.17, 15) is 13.6 Å². The molecule has 3 nitrogen and oxygen atoms in total. The summed E-state index contributed by atoms with van der Waals surface area (Å²) in [5.41, 5.74) is 3.00. The third-order valence-corrected chi connectivity index (χ3v) is 6.20. The minimum atomic E-state index is -1.03. The summed E-state index contributed by atoms with van der Waals surface area (Å²) in [5, 5.41) is 4.18. The van der Waals surface area contributed by atoms with Crippen LogP contribution in [0.4, 0.5) is 8.78 Å². The predicted octanol–water partition coefficient (Wildman–Crippen LogP) is 6.57. The highest BCUT2D eigenvalue weighted by atomic mass is 19.1. The Hall–Kier alpha value is -3.99. The van der Waals surface area contributed by atoms with Gasteiger partial charge < -0.3 is 4.74 Å². The van der Waals surface area contributed by atoms with Crippen molar-refractivity contribution in [3.05, 3.63) is 119 Å². The average molecular weight is 454 g/mol. The monoisotopic (exact) mass is 454 g/mol. The Morgan fingerprint density at radius 3 is 2.29 bits per heavy atom. The lowest BCUT2D eigenvalue weighted by Crippen LogP contribution is -2.45. The number of halogens is 2. The maximum absolute atomic E-state index is 13.8. The molecule has 0 spiro atoms. The van der Waals surface area contributed by atoms with Gasteiger partial charge in [0.25, 0.3) is 5.91 Å². The summed E-state index contributed by atoms with van der Waals surface area (Å²) in [7, 11) is 0. The van der Waals surface area contributed by atoms with Gasteiger partial charge in [-0.3, -0.25) is 4.79 Å². The van der Waals surface area contributed by atoms with Gasteiger partial charge in [0.1, 0.15) is 23.1 Å². The highest BCUT2D eigenvalue weighted by Crippen LogP contribution is 2.38. The number of fused-ring (bicyclic) bond motifs is 1. The molecule has 4 aromatic rings. The maximum atomic E-state index is 13.8. The molecular formula is C29H22F2NO2. The van der Waals surface area contributed by atoms with Crippen LogP contribution < -0.4 is 10.1 Å². The Morgan fingerprint density at radius 2 is 1.53 bits per heavy atom. The number of ether oxygens (including phenoxy) is 1. The molecule has 0 fully saturated rings. The minimum Gasteiger partial charge on any atom is -0.457 e. The lowest BCUT2D eigenvalue weighted by molar-refractivity contribution is -0.127. The van der Waals surface area contributed by atoms with Crippen molar-refractivity contribution in [1.29, 1.82) is 0 Å². The molecule has 5 rings (SSSR count). The average Bonchev–Trinajstić information content (AvgIpc) is 2.82. The normalized spacial score (nSPS) is 17.1. The second-order valence-electron chi connectivity index (χ2n) is 8.72. The van der Waals surface area contributed by atoms with Gasteiger partial charge in [-0.25, -0.2) is 14.1 Å². The van der Waals surface area contributed by atoms with Gasteiger partial charge in [0.2, 0.25) is 0 Å². The van der Waals surface area contributed by atoms with E-state index in [0.29, 0.717) is 17.9 Å². The fraction of sp³-hybridized carbons (Fsp3) is 0.138. The van der Waals surface area contributed by atoms with Gasteiger partial charge in [-0.1, -0.05) is 42.5 Å². The zero-order chi connectivity index (χ0) is 23.7. The minimum absolute atomic E-state index is 0.150. The van der Waals surface area contributed by atoms with Gasteiger partial charge in [-0.15, -0.1) is 0 Å². The number of benzene rings is 4. The standard InChI is InChI=1S/C29H22F2NO2/c1-29(17-19-12-23(30)16-24(31)13-19)27-15-21(10-11-22(27)18-32-28(29)33)20-6-5-9-26(14-20)34-25-7-3-2-4-8-25/h2-16H,17-18H2,1H3. The molecular weight excluding hydrogens is 432 g/mol. The van der Waals surface area contributed by atoms with E-state index in [1.165, 1.54) is 12.1 Å². The number of para-hydroxylation sites is 1. The van der Waals surface area contributed by atoms with Gasteiger partial charge >= 0.3 is 0 Å². The highest BCUT2D eigenvalue weighted by Gasteiger charge is 2.41. The molecule has 1 heterocycles. The van der Waals surface area contributed by atoms with Crippen LogP contribution in [0.3, 0.4) is 0 Å². The van der Waals surface area contributed by atoms with Crippen LogP contribution in [0.1, 0.15) is 23.6 Å². The Kier molecular flexibility index (Phi) is 5.62. The van der Waals surface area contributed by atoms with Gasteiger partial charge in [0.05, 0.1) is 12.0 Å². The Balaban J connectivity index is 1.51. The van der Waals surface area contributed by atoms with E-state index in [1.807, 2.05) is 72.8 Å². The molecule has 1 aliphatic rings. The Morgan fingerprint density at radius 1 is 0.824 bits per heavy atom. The van der Waals surface area contributed by atoms with Crippen molar-refractivity contribution in [3.63, 3.8) is 0 Å². The van der Waals surface area contributed by atoms with E-state index in [2.05, 4.69) is 5.32 Å². The summed E-state index contributed by atoms with van der Waals surface area (Å²) in [6.07, 6.45) is 0.150. The summed E-state index contributed by atoms with van der Waals surface area (Å²) >= 11 is 0. The number of carbonyl (C=O) groups is 1. The second kappa shape index (κ2) is 8.75. The largest absolute Gasteiger partial charge is 0.457 e. The van der Waals surface area contributed by atoms with E-state index in [0.717, 1.165) is 34.1 Å². The van der Waals surface area contributed by atoms with E-state index in [-0.39, 0.29) is 12.3 Å². The maximum Gasteiger partial charge on any atom is 0.252 e. The van der Waals surface area contributed by atoms with E-state index >= 15 is 0 Å². The molecule has 5 heteroatoms. The molecule has 0 N–H and O–H groups in total. The molecule has 0 saturated carbocycles. The number of carbonyl (C=O) groups excluding carboxylic acids is 1. The Labute approximate surface area is 197 Å². The lowest BCUT2D eigenvalue weighted by atomic mass is 9.72. The summed E-state index contributed by atoms with van der Waals surface area (Å²) in [5.74, 6) is -0.174. The van der Waals surface area contributed by atoms with Crippen LogP contribution in [-0.2, 0) is 23.2 Å². The van der Waals surface area contributed by atoms with Crippen molar-refractivity contribution in [2.24, 2.45) is 0 Å². The lowest BCUT2D eigenvalue weighted by Gasteiger charge is -2.34. The van der Waals surface area contributed by atoms with Crippen molar-refractivity contribution in [2.45, 2.75) is 25.3 Å². The quantitative estimate of drug-likeness (QED) is 0.342. The number of hydrogen-bond acceptors (Lipinski definition) is 2. The van der Waals surface area contributed by atoms with E-state index in [4.69, 9.17) is 4.74 Å². The highest BCUT2D eigenvalue weighted by molar-refractivity contribution is 5.90. The molecule has 0 bridgehead atoms. The molecule has 34 heavy (non-hydrogen) atoms. The van der Waals surface area contributed by atoms with Gasteiger partial charge in [-0.2, -0.15) is 0 Å². The molecule has 1 amide bonds. The summed E-state index contributed by atoms with van der Waals surface area (Å²) in [6, 6.07) is 26.6. The summed E-state index contributed by atoms with van der Waals surface area (Å²) < 4.78 is 33.6. The van der Waals surface area contributed by atoms with Crippen molar-refractivity contribution < 1.29 is 18.3 Å². The van der Waals surface area contributed by atoms with Gasteiger partial charge in [-0.05, 0) is 83.6 Å². The van der Waals surface area contributed by atoms with Crippen LogP contribution in [0, 0.1) is 11.6 Å². The Bertz CT molecular complexity index is 1350. The van der Waals surface area contributed by atoms with Crippen LogP contribution in [0.25, 0.3) is 11.1 Å². The zero-order valence-corrected chi connectivity index (χ0v) is 18.6. The first-order chi connectivity index (χ1) is 16.4. The van der Waals surface area contributed by atoms with E-state index < -0.39 is 17.0 Å².